The van der Waals surface area contributed by atoms with Crippen molar-refractivity contribution in [3.05, 3.63) is 40.8 Å². The van der Waals surface area contributed by atoms with E-state index in [1.165, 1.54) is 4.68 Å². The van der Waals surface area contributed by atoms with Crippen molar-refractivity contribution in [2.45, 2.75) is 45.2 Å². The van der Waals surface area contributed by atoms with E-state index in [-0.39, 0.29) is 54.2 Å². The molecule has 5 atom stereocenters. The summed E-state index contributed by atoms with van der Waals surface area (Å²) in [7, 11) is 0. The van der Waals surface area contributed by atoms with Crippen molar-refractivity contribution in [3.8, 4) is 0 Å². The van der Waals surface area contributed by atoms with Crippen LogP contribution in [-0.2, 0) is 20.9 Å². The number of hydrogen-bond donors (Lipinski definition) is 1. The molecule has 1 saturated heterocycles. The minimum Gasteiger partial charge on any atom is -0.350 e. The first kappa shape index (κ1) is 19.9. The van der Waals surface area contributed by atoms with E-state index in [2.05, 4.69) is 10.4 Å². The highest BCUT2D eigenvalue weighted by molar-refractivity contribution is 6.08. The molecule has 31 heavy (non-hydrogen) atoms. The number of likely N-dealkylation sites (tertiary alicyclic amines) is 1. The lowest BCUT2D eigenvalue weighted by Crippen LogP contribution is -2.46. The first-order valence-electron chi connectivity index (χ1n) is 11.1. The highest BCUT2D eigenvalue weighted by Crippen LogP contribution is 2.56. The second kappa shape index (κ2) is 7.59. The van der Waals surface area contributed by atoms with Gasteiger partial charge in [0.1, 0.15) is 6.54 Å². The van der Waals surface area contributed by atoms with E-state index in [0.29, 0.717) is 23.6 Å². The number of rotatable bonds is 6. The lowest BCUT2D eigenvalue weighted by Gasteiger charge is -2.21. The van der Waals surface area contributed by atoms with Crippen LogP contribution < -0.4 is 10.9 Å². The molecule has 3 fully saturated rings. The molecular formula is C23H26N4O4. The van der Waals surface area contributed by atoms with E-state index < -0.39 is 0 Å². The number of carbonyl (C=O) groups excluding carboxylic acids is 3. The molecule has 2 saturated carbocycles. The van der Waals surface area contributed by atoms with Crippen LogP contribution >= 0.6 is 0 Å². The molecule has 0 radical (unpaired) electrons. The maximum atomic E-state index is 12.8. The maximum absolute atomic E-state index is 12.8. The molecule has 2 aliphatic carbocycles. The van der Waals surface area contributed by atoms with Crippen LogP contribution in [0.1, 0.15) is 32.6 Å². The zero-order chi connectivity index (χ0) is 21.7. The molecule has 162 valence electrons. The summed E-state index contributed by atoms with van der Waals surface area (Å²) < 4.78 is 1.35. The van der Waals surface area contributed by atoms with Crippen molar-refractivity contribution in [3.63, 3.8) is 0 Å². The summed E-state index contributed by atoms with van der Waals surface area (Å²) in [6.45, 7) is 1.88. The quantitative estimate of drug-likeness (QED) is 0.708. The molecule has 1 aliphatic heterocycles. The van der Waals surface area contributed by atoms with Gasteiger partial charge in [-0.1, -0.05) is 25.1 Å². The third-order valence-electron chi connectivity index (χ3n) is 7.33. The standard InChI is InChI=1S/C23H26N4O4/c1-2-16(11-27-21(29)17-6-4-3-5-15(17)10-24-27)25-18(28)12-26-22(30)19-13-7-8-14(9-13)20(19)23(26)31/h3-6,10,13-14,16,19-20H,2,7-9,11-12H2,1H3,(H,25,28)/t13-,14-,16+,19-,20-/m0/s1. The second-order valence-electron chi connectivity index (χ2n) is 9.04. The summed E-state index contributed by atoms with van der Waals surface area (Å²) in [6, 6.07) is 6.91. The second-order valence-corrected chi connectivity index (χ2v) is 9.04. The number of nitrogens with zero attached hydrogens (tertiary/aromatic N) is 3. The lowest BCUT2D eigenvalue weighted by atomic mass is 9.81. The van der Waals surface area contributed by atoms with Gasteiger partial charge in [-0.15, -0.1) is 0 Å². The van der Waals surface area contributed by atoms with Gasteiger partial charge in [-0.25, -0.2) is 4.68 Å². The molecule has 8 heteroatoms. The lowest BCUT2D eigenvalue weighted by molar-refractivity contribution is -0.144. The predicted octanol–water partition coefficient (Wildman–Crippen LogP) is 1.32. The molecule has 2 bridgehead atoms. The molecule has 2 aromatic rings. The molecule has 0 spiro atoms. The number of aromatic nitrogens is 2. The Labute approximate surface area is 179 Å². The van der Waals surface area contributed by atoms with Crippen LogP contribution in [0, 0.1) is 23.7 Å². The van der Waals surface area contributed by atoms with E-state index in [9.17, 15) is 19.2 Å². The molecule has 1 aromatic carbocycles. The Morgan fingerprint density at radius 1 is 1.13 bits per heavy atom. The Kier molecular flexibility index (Phi) is 4.87. The van der Waals surface area contributed by atoms with Gasteiger partial charge in [0, 0.05) is 11.4 Å². The van der Waals surface area contributed by atoms with Gasteiger partial charge in [0.2, 0.25) is 17.7 Å². The van der Waals surface area contributed by atoms with Crippen molar-refractivity contribution < 1.29 is 14.4 Å². The average Bonchev–Trinajstić information content (AvgIpc) is 3.45. The molecule has 3 amide bonds. The minimum atomic E-state index is -0.380. The van der Waals surface area contributed by atoms with Crippen LogP contribution in [0.25, 0.3) is 10.8 Å². The van der Waals surface area contributed by atoms with E-state index in [4.69, 9.17) is 0 Å². The van der Waals surface area contributed by atoms with Crippen molar-refractivity contribution in [2.24, 2.45) is 23.7 Å². The number of nitrogens with one attached hydrogen (secondary N) is 1. The Morgan fingerprint density at radius 2 is 1.81 bits per heavy atom. The van der Waals surface area contributed by atoms with Gasteiger partial charge in [0.05, 0.1) is 30.0 Å². The van der Waals surface area contributed by atoms with Crippen LogP contribution in [0.5, 0.6) is 0 Å². The Hall–Kier alpha value is -3.03. The van der Waals surface area contributed by atoms with Crippen molar-refractivity contribution in [2.75, 3.05) is 6.54 Å². The topological polar surface area (TPSA) is 101 Å². The number of carbonyl (C=O) groups is 3. The maximum Gasteiger partial charge on any atom is 0.274 e. The number of benzene rings is 1. The zero-order valence-corrected chi connectivity index (χ0v) is 17.5. The molecule has 0 unspecified atom stereocenters. The molecule has 2 heterocycles. The Bertz CT molecular complexity index is 1100. The SMILES string of the molecule is CC[C@H](Cn1ncc2ccccc2c1=O)NC(=O)CN1C(=O)[C@H]2[C@H]3CC[C@@H](C3)[C@@H]2C1=O. The van der Waals surface area contributed by atoms with Crippen LogP contribution in [0.15, 0.2) is 35.3 Å². The molecule has 8 nitrogen and oxygen atoms in total. The zero-order valence-electron chi connectivity index (χ0n) is 17.5. The fraction of sp³-hybridized carbons (Fsp3) is 0.522. The van der Waals surface area contributed by atoms with Gasteiger partial charge < -0.3 is 5.32 Å². The Balaban J connectivity index is 1.26. The van der Waals surface area contributed by atoms with Crippen LogP contribution in [-0.4, -0.2) is 45.0 Å². The molecule has 1 N–H and O–H groups in total. The minimum absolute atomic E-state index is 0.183. The molecular weight excluding hydrogens is 396 g/mol. The normalized spacial score (nSPS) is 27.7. The monoisotopic (exact) mass is 422 g/mol. The largest absolute Gasteiger partial charge is 0.350 e. The highest BCUT2D eigenvalue weighted by atomic mass is 16.2. The van der Waals surface area contributed by atoms with E-state index in [0.717, 1.165) is 29.5 Å². The van der Waals surface area contributed by atoms with Gasteiger partial charge >= 0.3 is 0 Å². The Morgan fingerprint density at radius 3 is 2.48 bits per heavy atom. The van der Waals surface area contributed by atoms with Crippen molar-refractivity contribution >= 4 is 28.5 Å². The first-order valence-corrected chi connectivity index (χ1v) is 11.1. The third-order valence-corrected chi connectivity index (χ3v) is 7.33. The summed E-state index contributed by atoms with van der Waals surface area (Å²) in [5.74, 6) is -0.587. The predicted molar refractivity (Wildman–Crippen MR) is 113 cm³/mol. The fourth-order valence-electron chi connectivity index (χ4n) is 5.79. The van der Waals surface area contributed by atoms with Crippen molar-refractivity contribution in [1.29, 1.82) is 0 Å². The first-order chi connectivity index (χ1) is 15.0. The highest BCUT2D eigenvalue weighted by Gasteiger charge is 2.60. The fourth-order valence-corrected chi connectivity index (χ4v) is 5.79. The van der Waals surface area contributed by atoms with Gasteiger partial charge in [-0.2, -0.15) is 5.10 Å². The van der Waals surface area contributed by atoms with Crippen LogP contribution in [0.2, 0.25) is 0 Å². The summed E-state index contributed by atoms with van der Waals surface area (Å²) in [5.41, 5.74) is -0.209. The van der Waals surface area contributed by atoms with Crippen molar-refractivity contribution in [1.82, 2.24) is 20.0 Å². The van der Waals surface area contributed by atoms with Gasteiger partial charge in [0.25, 0.3) is 5.56 Å². The van der Waals surface area contributed by atoms with Crippen LogP contribution in [0.3, 0.4) is 0 Å². The average molecular weight is 422 g/mol. The van der Waals surface area contributed by atoms with Gasteiger partial charge in [-0.3, -0.25) is 24.1 Å². The third kappa shape index (κ3) is 3.25. The molecule has 1 aromatic heterocycles. The molecule has 3 aliphatic rings. The summed E-state index contributed by atoms with van der Waals surface area (Å²) in [4.78, 5) is 52.2. The summed E-state index contributed by atoms with van der Waals surface area (Å²) in [5, 5.41) is 8.45. The van der Waals surface area contributed by atoms with Gasteiger partial charge in [0.15, 0.2) is 0 Å². The van der Waals surface area contributed by atoms with Crippen LogP contribution in [0.4, 0.5) is 0 Å². The van der Waals surface area contributed by atoms with E-state index in [1.54, 1.807) is 18.3 Å². The van der Waals surface area contributed by atoms with E-state index >= 15 is 0 Å². The smallest absolute Gasteiger partial charge is 0.274 e. The number of amides is 3. The summed E-state index contributed by atoms with van der Waals surface area (Å²) >= 11 is 0. The summed E-state index contributed by atoms with van der Waals surface area (Å²) in [6.07, 6.45) is 5.22. The number of imide groups is 1. The molecule has 5 rings (SSSR count). The van der Waals surface area contributed by atoms with E-state index in [1.807, 2.05) is 19.1 Å². The number of fused-ring (bicyclic) bond motifs is 6. The number of hydrogen-bond acceptors (Lipinski definition) is 5. The van der Waals surface area contributed by atoms with Gasteiger partial charge in [-0.05, 0) is 43.6 Å².